The molecule has 0 aliphatic carbocycles. The number of carboxylic acids is 1. The van der Waals surface area contributed by atoms with E-state index in [4.69, 9.17) is 24.8 Å². The number of carbonyl (C=O) groups is 3. The Hall–Kier alpha value is -2.04. The molecule has 0 fully saturated rings. The summed E-state index contributed by atoms with van der Waals surface area (Å²) in [6, 6.07) is -1.52. The number of rotatable bonds is 42. The summed E-state index contributed by atoms with van der Waals surface area (Å²) in [4.78, 5) is 46.0. The Morgan fingerprint density at radius 1 is 0.536 bits per heavy atom. The number of nitrogens with two attached hydrogens (primary N) is 1. The van der Waals surface area contributed by atoms with Gasteiger partial charge in [-0.25, -0.2) is 4.57 Å². The lowest BCUT2D eigenvalue weighted by Gasteiger charge is -2.20. The first-order valence-corrected chi connectivity index (χ1v) is 23.9. The van der Waals surface area contributed by atoms with Crippen molar-refractivity contribution in [2.24, 2.45) is 5.73 Å². The molecule has 4 N–H and O–H groups in total. The van der Waals surface area contributed by atoms with E-state index in [9.17, 15) is 23.8 Å². The normalized spacial score (nSPS) is 13.9. The zero-order valence-corrected chi connectivity index (χ0v) is 36.4. The van der Waals surface area contributed by atoms with Crippen LogP contribution in [0.4, 0.5) is 0 Å². The molecule has 0 bridgehead atoms. The minimum Gasteiger partial charge on any atom is -0.480 e. The molecule has 0 radical (unpaired) electrons. The molecule has 12 heteroatoms. The molecular weight excluding hydrogens is 733 g/mol. The zero-order valence-electron chi connectivity index (χ0n) is 35.5. The molecule has 0 aliphatic rings. The van der Waals surface area contributed by atoms with E-state index < -0.39 is 51.1 Å². The lowest BCUT2D eigenvalue weighted by atomic mass is 10.1. The summed E-state index contributed by atoms with van der Waals surface area (Å²) in [5.41, 5.74) is 5.33. The van der Waals surface area contributed by atoms with Crippen molar-refractivity contribution < 1.29 is 47.5 Å². The Bertz CT molecular complexity index is 1050. The summed E-state index contributed by atoms with van der Waals surface area (Å²) in [6.07, 6.45) is 40.9. The highest BCUT2D eigenvalue weighted by atomic mass is 31.2. The van der Waals surface area contributed by atoms with Crippen LogP contribution in [0, 0.1) is 0 Å². The number of aliphatic carboxylic acids is 1. The second kappa shape index (κ2) is 39.8. The van der Waals surface area contributed by atoms with Crippen molar-refractivity contribution in [1.82, 2.24) is 0 Å². The summed E-state index contributed by atoms with van der Waals surface area (Å²) in [6.45, 7) is 2.79. The summed E-state index contributed by atoms with van der Waals surface area (Å²) >= 11 is 0. The van der Waals surface area contributed by atoms with Crippen molar-refractivity contribution in [2.45, 2.75) is 219 Å². The average molecular weight is 816 g/mol. The van der Waals surface area contributed by atoms with Gasteiger partial charge in [0.15, 0.2) is 6.10 Å². The van der Waals surface area contributed by atoms with Crippen LogP contribution in [0.5, 0.6) is 0 Å². The van der Waals surface area contributed by atoms with Gasteiger partial charge in [0.1, 0.15) is 12.6 Å². The fraction of sp³-hybridized carbons (Fsp3) is 0.841. The first-order chi connectivity index (χ1) is 27.1. The number of phosphoric ester groups is 1. The lowest BCUT2D eigenvalue weighted by Crippen LogP contribution is -2.34. The number of ether oxygens (including phenoxy) is 2. The maximum atomic E-state index is 12.6. The largest absolute Gasteiger partial charge is 0.480 e. The Labute approximate surface area is 340 Å². The lowest BCUT2D eigenvalue weighted by molar-refractivity contribution is -0.161. The number of carboxylic acid groups (broad SMARTS) is 1. The van der Waals surface area contributed by atoms with Gasteiger partial charge < -0.3 is 25.2 Å². The Morgan fingerprint density at radius 3 is 1.30 bits per heavy atom. The van der Waals surface area contributed by atoms with Crippen molar-refractivity contribution in [2.75, 3.05) is 19.8 Å². The van der Waals surface area contributed by atoms with Gasteiger partial charge in [-0.05, 0) is 64.2 Å². The molecule has 0 rings (SSSR count). The van der Waals surface area contributed by atoms with Gasteiger partial charge in [0, 0.05) is 12.8 Å². The number of hydrogen-bond donors (Lipinski definition) is 3. The van der Waals surface area contributed by atoms with Gasteiger partial charge in [0.05, 0.1) is 13.2 Å². The number of carbonyl (C=O) groups excluding carboxylic acids is 2. The second-order valence-electron chi connectivity index (χ2n) is 15.2. The van der Waals surface area contributed by atoms with E-state index in [1.165, 1.54) is 96.3 Å². The average Bonchev–Trinajstić information content (AvgIpc) is 3.17. The van der Waals surface area contributed by atoms with E-state index in [0.29, 0.717) is 12.8 Å². The van der Waals surface area contributed by atoms with E-state index in [-0.39, 0.29) is 19.4 Å². The third-order valence-electron chi connectivity index (χ3n) is 9.67. The quantitative estimate of drug-likeness (QED) is 0.0232. The van der Waals surface area contributed by atoms with Gasteiger partial charge in [0.25, 0.3) is 0 Å². The molecule has 3 atom stereocenters. The molecule has 11 nitrogen and oxygen atoms in total. The first kappa shape index (κ1) is 54.0. The first-order valence-electron chi connectivity index (χ1n) is 22.4. The van der Waals surface area contributed by atoms with Gasteiger partial charge in [0.2, 0.25) is 0 Å². The highest BCUT2D eigenvalue weighted by Gasteiger charge is 2.28. The maximum Gasteiger partial charge on any atom is 0.472 e. The van der Waals surface area contributed by atoms with Gasteiger partial charge in [-0.15, -0.1) is 0 Å². The Balaban J connectivity index is 4.35. The van der Waals surface area contributed by atoms with Crippen LogP contribution in [0.15, 0.2) is 24.3 Å². The second-order valence-corrected chi connectivity index (χ2v) is 16.6. The number of esters is 2. The molecule has 0 aromatic rings. The predicted octanol–water partition coefficient (Wildman–Crippen LogP) is 11.8. The van der Waals surface area contributed by atoms with Crippen LogP contribution in [-0.2, 0) is 37.5 Å². The zero-order chi connectivity index (χ0) is 41.4. The maximum absolute atomic E-state index is 12.6. The van der Waals surface area contributed by atoms with E-state index >= 15 is 0 Å². The van der Waals surface area contributed by atoms with Crippen LogP contribution < -0.4 is 5.73 Å². The summed E-state index contributed by atoms with van der Waals surface area (Å²) in [7, 11) is -4.72. The van der Waals surface area contributed by atoms with Gasteiger partial charge in [-0.1, -0.05) is 154 Å². The SMILES string of the molecule is CCCCCCCC/C=C\CCCCCCCCCC(=O)OC(COC(=O)CCCCCCC/C=C\CCCCCCCC)COP(=O)(O)OCC(N)C(=O)O. The third kappa shape index (κ3) is 38.8. The molecule has 328 valence electrons. The van der Waals surface area contributed by atoms with Gasteiger partial charge in [-0.2, -0.15) is 0 Å². The molecular formula is C44H82NO10P. The fourth-order valence-electron chi connectivity index (χ4n) is 6.11. The van der Waals surface area contributed by atoms with Crippen LogP contribution in [0.25, 0.3) is 0 Å². The van der Waals surface area contributed by atoms with Crippen molar-refractivity contribution in [3.63, 3.8) is 0 Å². The number of unbranched alkanes of at least 4 members (excludes halogenated alkanes) is 24. The van der Waals surface area contributed by atoms with Crippen LogP contribution in [0.1, 0.15) is 206 Å². The van der Waals surface area contributed by atoms with E-state index in [1.807, 2.05) is 0 Å². The summed E-state index contributed by atoms with van der Waals surface area (Å²) in [5, 5.41) is 8.89. The Kier molecular flexibility index (Phi) is 38.3. The van der Waals surface area contributed by atoms with Crippen molar-refractivity contribution in [3.8, 4) is 0 Å². The Morgan fingerprint density at radius 2 is 0.893 bits per heavy atom. The monoisotopic (exact) mass is 816 g/mol. The van der Waals surface area contributed by atoms with E-state index in [0.717, 1.165) is 70.6 Å². The third-order valence-corrected chi connectivity index (χ3v) is 10.6. The van der Waals surface area contributed by atoms with Crippen molar-refractivity contribution in [3.05, 3.63) is 24.3 Å². The predicted molar refractivity (Wildman–Crippen MR) is 226 cm³/mol. The standard InChI is InChI=1S/C44H82NO10P/c1-3-5-7-9-11-13-15-17-19-20-22-24-26-28-30-32-34-36-43(47)55-40(38-53-56(50,51)54-39-41(45)44(48)49)37-52-42(46)35-33-31-29-27-25-23-21-18-16-14-12-10-8-6-4-2/h17-19,21,40-41H,3-16,20,22-39,45H2,1-2H3,(H,48,49)(H,50,51)/b19-17-,21-18-. The fourth-order valence-corrected chi connectivity index (χ4v) is 6.89. The van der Waals surface area contributed by atoms with Gasteiger partial charge in [-0.3, -0.25) is 23.4 Å². The van der Waals surface area contributed by atoms with Crippen LogP contribution in [0.3, 0.4) is 0 Å². The van der Waals surface area contributed by atoms with Crippen LogP contribution in [-0.4, -0.2) is 59.9 Å². The smallest absolute Gasteiger partial charge is 0.472 e. The minimum absolute atomic E-state index is 0.156. The highest BCUT2D eigenvalue weighted by molar-refractivity contribution is 7.47. The molecule has 0 aliphatic heterocycles. The minimum atomic E-state index is -4.72. The molecule has 56 heavy (non-hydrogen) atoms. The molecule has 0 aromatic carbocycles. The molecule has 0 amide bonds. The number of allylic oxidation sites excluding steroid dienone is 4. The summed E-state index contributed by atoms with van der Waals surface area (Å²) < 4.78 is 32.7. The molecule has 0 heterocycles. The van der Waals surface area contributed by atoms with Crippen molar-refractivity contribution in [1.29, 1.82) is 0 Å². The van der Waals surface area contributed by atoms with Crippen LogP contribution in [0.2, 0.25) is 0 Å². The van der Waals surface area contributed by atoms with Gasteiger partial charge >= 0.3 is 25.7 Å². The van der Waals surface area contributed by atoms with Crippen molar-refractivity contribution >= 4 is 25.7 Å². The molecule has 0 saturated carbocycles. The molecule has 0 aromatic heterocycles. The molecule has 0 spiro atoms. The molecule has 3 unspecified atom stereocenters. The van der Waals surface area contributed by atoms with E-state index in [1.54, 1.807) is 0 Å². The summed E-state index contributed by atoms with van der Waals surface area (Å²) in [5.74, 6) is -2.39. The number of hydrogen-bond acceptors (Lipinski definition) is 9. The molecule has 0 saturated heterocycles. The topological polar surface area (TPSA) is 172 Å². The van der Waals surface area contributed by atoms with Crippen LogP contribution >= 0.6 is 7.82 Å². The number of phosphoric acid groups is 1. The van der Waals surface area contributed by atoms with E-state index in [2.05, 4.69) is 42.7 Å². The highest BCUT2D eigenvalue weighted by Crippen LogP contribution is 2.43.